The molecule has 0 unspecified atom stereocenters. The van der Waals surface area contributed by atoms with Crippen molar-refractivity contribution >= 4 is 11.6 Å². The standard InChI is InChI=1S/C26H22O4/c1-17(27)19-6-8-21(9-7-19)20-4-2-18(3-5-20)14-25(28)26(12-13-26)22-10-11-23-24(15-22)30-16-29-23/h2-11,15H,12-14,16H2,1H3. The lowest BCUT2D eigenvalue weighted by atomic mass is 9.87. The van der Waals surface area contributed by atoms with Crippen molar-refractivity contribution in [1.82, 2.24) is 0 Å². The van der Waals surface area contributed by atoms with Crippen LogP contribution in [0.15, 0.2) is 66.7 Å². The van der Waals surface area contributed by atoms with E-state index in [1.54, 1.807) is 6.92 Å². The van der Waals surface area contributed by atoms with E-state index in [0.29, 0.717) is 12.0 Å². The molecule has 0 bridgehead atoms. The van der Waals surface area contributed by atoms with E-state index in [4.69, 9.17) is 9.47 Å². The average molecular weight is 398 g/mol. The Morgan fingerprint density at radius 2 is 1.47 bits per heavy atom. The van der Waals surface area contributed by atoms with Gasteiger partial charge in [-0.05, 0) is 54.2 Å². The molecule has 1 aliphatic carbocycles. The van der Waals surface area contributed by atoms with Crippen molar-refractivity contribution in [2.75, 3.05) is 6.79 Å². The Morgan fingerprint density at radius 1 is 0.833 bits per heavy atom. The number of carbonyl (C=O) groups is 2. The van der Waals surface area contributed by atoms with E-state index in [0.717, 1.165) is 46.6 Å². The van der Waals surface area contributed by atoms with E-state index >= 15 is 0 Å². The minimum atomic E-state index is -0.387. The van der Waals surface area contributed by atoms with Crippen molar-refractivity contribution in [1.29, 1.82) is 0 Å². The highest BCUT2D eigenvalue weighted by molar-refractivity contribution is 5.95. The Kier molecular flexibility index (Phi) is 4.43. The first-order valence-corrected chi connectivity index (χ1v) is 10.2. The fraction of sp³-hybridized carbons (Fsp3) is 0.231. The molecule has 0 atom stereocenters. The summed E-state index contributed by atoms with van der Waals surface area (Å²) in [4.78, 5) is 24.6. The van der Waals surface area contributed by atoms with Gasteiger partial charge in [-0.25, -0.2) is 0 Å². The van der Waals surface area contributed by atoms with Gasteiger partial charge in [-0.15, -0.1) is 0 Å². The molecule has 1 saturated carbocycles. The van der Waals surface area contributed by atoms with Crippen molar-refractivity contribution in [3.8, 4) is 22.6 Å². The van der Waals surface area contributed by atoms with Gasteiger partial charge in [-0.3, -0.25) is 9.59 Å². The molecule has 2 aliphatic rings. The summed E-state index contributed by atoms with van der Waals surface area (Å²) in [6, 6.07) is 21.5. The van der Waals surface area contributed by atoms with E-state index in [1.165, 1.54) is 0 Å². The first-order valence-electron chi connectivity index (χ1n) is 10.2. The molecule has 0 spiro atoms. The maximum atomic E-state index is 13.1. The van der Waals surface area contributed by atoms with E-state index in [1.807, 2.05) is 66.7 Å². The molecule has 3 aromatic rings. The first kappa shape index (κ1) is 18.6. The first-order chi connectivity index (χ1) is 14.5. The second kappa shape index (κ2) is 7.13. The molecule has 3 aromatic carbocycles. The van der Waals surface area contributed by atoms with Crippen LogP contribution in [0, 0.1) is 0 Å². The lowest BCUT2D eigenvalue weighted by Gasteiger charge is -2.15. The van der Waals surface area contributed by atoms with Crippen LogP contribution in [0.4, 0.5) is 0 Å². The van der Waals surface area contributed by atoms with Crippen molar-refractivity contribution in [2.45, 2.75) is 31.6 Å². The highest BCUT2D eigenvalue weighted by atomic mass is 16.7. The number of ketones is 2. The predicted octanol–water partition coefficient (Wildman–Crippen LogP) is 5.13. The fourth-order valence-corrected chi connectivity index (χ4v) is 4.11. The van der Waals surface area contributed by atoms with Crippen LogP contribution in [-0.2, 0) is 16.6 Å². The molecule has 1 fully saturated rings. The summed E-state index contributed by atoms with van der Waals surface area (Å²) < 4.78 is 10.9. The summed E-state index contributed by atoms with van der Waals surface area (Å²) >= 11 is 0. The molecule has 5 rings (SSSR count). The molecule has 0 amide bonds. The summed E-state index contributed by atoms with van der Waals surface area (Å²) in [6.45, 7) is 1.81. The van der Waals surface area contributed by atoms with E-state index in [-0.39, 0.29) is 23.8 Å². The quantitative estimate of drug-likeness (QED) is 0.540. The minimum absolute atomic E-state index is 0.0619. The van der Waals surface area contributed by atoms with Crippen LogP contribution >= 0.6 is 0 Å². The number of carbonyl (C=O) groups excluding carboxylic acids is 2. The van der Waals surface area contributed by atoms with E-state index in [9.17, 15) is 9.59 Å². The van der Waals surface area contributed by atoms with Gasteiger partial charge in [-0.1, -0.05) is 54.6 Å². The predicted molar refractivity (Wildman–Crippen MR) is 114 cm³/mol. The van der Waals surface area contributed by atoms with Crippen LogP contribution in [0.3, 0.4) is 0 Å². The Labute approximate surface area is 175 Å². The zero-order valence-corrected chi connectivity index (χ0v) is 16.8. The third-order valence-corrected chi connectivity index (χ3v) is 6.15. The van der Waals surface area contributed by atoms with Gasteiger partial charge in [0.1, 0.15) is 5.78 Å². The van der Waals surface area contributed by atoms with Gasteiger partial charge >= 0.3 is 0 Å². The van der Waals surface area contributed by atoms with Crippen LogP contribution in [0.2, 0.25) is 0 Å². The largest absolute Gasteiger partial charge is 0.454 e. The van der Waals surface area contributed by atoms with Crippen molar-refractivity contribution < 1.29 is 19.1 Å². The fourth-order valence-electron chi connectivity index (χ4n) is 4.11. The topological polar surface area (TPSA) is 52.6 Å². The number of rotatable bonds is 6. The van der Waals surface area contributed by atoms with Crippen LogP contribution in [0.5, 0.6) is 11.5 Å². The third kappa shape index (κ3) is 3.28. The molecule has 0 saturated heterocycles. The lowest BCUT2D eigenvalue weighted by Crippen LogP contribution is -2.22. The van der Waals surface area contributed by atoms with Gasteiger partial charge in [0, 0.05) is 12.0 Å². The maximum Gasteiger partial charge on any atom is 0.231 e. The van der Waals surface area contributed by atoms with Crippen LogP contribution in [0.25, 0.3) is 11.1 Å². The molecule has 0 radical (unpaired) electrons. The van der Waals surface area contributed by atoms with Gasteiger partial charge in [0.15, 0.2) is 17.3 Å². The molecule has 4 heteroatoms. The molecular weight excluding hydrogens is 376 g/mol. The van der Waals surface area contributed by atoms with Gasteiger partial charge in [0.2, 0.25) is 6.79 Å². The Hall–Kier alpha value is -3.40. The molecule has 0 N–H and O–H groups in total. The molecule has 1 heterocycles. The Morgan fingerprint density at radius 3 is 2.10 bits per heavy atom. The van der Waals surface area contributed by atoms with Gasteiger partial charge in [-0.2, -0.15) is 0 Å². The van der Waals surface area contributed by atoms with Gasteiger partial charge < -0.3 is 9.47 Å². The summed E-state index contributed by atoms with van der Waals surface area (Å²) in [7, 11) is 0. The van der Waals surface area contributed by atoms with Crippen molar-refractivity contribution in [3.05, 3.63) is 83.4 Å². The van der Waals surface area contributed by atoms with E-state index in [2.05, 4.69) is 0 Å². The average Bonchev–Trinajstić information content (AvgIpc) is 3.45. The number of hydrogen-bond acceptors (Lipinski definition) is 4. The number of ether oxygens (including phenoxy) is 2. The van der Waals surface area contributed by atoms with Crippen LogP contribution in [-0.4, -0.2) is 18.4 Å². The zero-order valence-electron chi connectivity index (χ0n) is 16.8. The highest BCUT2D eigenvalue weighted by Crippen LogP contribution is 2.51. The smallest absolute Gasteiger partial charge is 0.231 e. The van der Waals surface area contributed by atoms with Gasteiger partial charge in [0.05, 0.1) is 5.41 Å². The minimum Gasteiger partial charge on any atom is -0.454 e. The number of fused-ring (bicyclic) bond motifs is 1. The second-order valence-electron chi connectivity index (χ2n) is 8.08. The van der Waals surface area contributed by atoms with Crippen LogP contribution in [0.1, 0.15) is 41.3 Å². The normalized spacial score (nSPS) is 15.6. The molecule has 1 aliphatic heterocycles. The number of benzene rings is 3. The van der Waals surface area contributed by atoms with Crippen LogP contribution < -0.4 is 9.47 Å². The number of hydrogen-bond donors (Lipinski definition) is 0. The molecule has 0 aromatic heterocycles. The van der Waals surface area contributed by atoms with E-state index < -0.39 is 0 Å². The second-order valence-corrected chi connectivity index (χ2v) is 8.08. The summed E-state index contributed by atoms with van der Waals surface area (Å²) in [5.41, 5.74) is 4.48. The lowest BCUT2D eigenvalue weighted by molar-refractivity contribution is -0.120. The maximum absolute atomic E-state index is 13.1. The molecule has 30 heavy (non-hydrogen) atoms. The van der Waals surface area contributed by atoms with Crippen molar-refractivity contribution in [2.24, 2.45) is 0 Å². The third-order valence-electron chi connectivity index (χ3n) is 6.15. The highest BCUT2D eigenvalue weighted by Gasteiger charge is 2.50. The number of Topliss-reactive ketones (excluding diaryl/α,β-unsaturated/α-hetero) is 2. The monoisotopic (exact) mass is 398 g/mol. The molecular formula is C26H22O4. The Balaban J connectivity index is 1.31. The zero-order chi connectivity index (χ0) is 20.7. The SMILES string of the molecule is CC(=O)c1ccc(-c2ccc(CC(=O)C3(c4ccc5c(c4)OCO5)CC3)cc2)cc1. The molecule has 4 nitrogen and oxygen atoms in total. The van der Waals surface area contributed by atoms with Crippen molar-refractivity contribution in [3.63, 3.8) is 0 Å². The molecule has 150 valence electrons. The summed E-state index contributed by atoms with van der Waals surface area (Å²) in [6.07, 6.45) is 2.18. The Bertz CT molecular complexity index is 1120. The van der Waals surface area contributed by atoms with Gasteiger partial charge in [0.25, 0.3) is 0 Å². The summed E-state index contributed by atoms with van der Waals surface area (Å²) in [5.74, 6) is 1.78. The summed E-state index contributed by atoms with van der Waals surface area (Å²) in [5, 5.41) is 0.